The third-order valence-corrected chi connectivity index (χ3v) is 6.46. The van der Waals surface area contributed by atoms with Crippen LogP contribution in [0.25, 0.3) is 21.5 Å². The molecule has 0 unspecified atom stereocenters. The average Bonchev–Trinajstić information content (AvgIpc) is 3.80. The van der Waals surface area contributed by atoms with Crippen molar-refractivity contribution in [1.29, 1.82) is 0 Å². The quantitative estimate of drug-likeness (QED) is 0.113. The molecule has 0 saturated heterocycles. The van der Waals surface area contributed by atoms with Crippen LogP contribution in [-0.2, 0) is 0 Å². The molecule has 4 rings (SSSR count). The number of hydrogen-bond acceptors (Lipinski definition) is 6. The summed E-state index contributed by atoms with van der Waals surface area (Å²) in [6, 6.07) is 14.2. The highest BCUT2D eigenvalue weighted by Gasteiger charge is 2.11. The molecule has 0 radical (unpaired) electrons. The molecule has 0 amide bonds. The molecule has 0 spiro atoms. The number of aromatic amines is 2. The molecule has 0 fully saturated rings. The first kappa shape index (κ1) is 36.2. The third kappa shape index (κ3) is 11.2. The number of rotatable bonds is 12. The smallest absolute Gasteiger partial charge is 0.181 e. The number of thiophene rings is 1. The number of H-pyrrole nitrogens is 2. The predicted molar refractivity (Wildman–Crippen MR) is 185 cm³/mol. The molecule has 42 heavy (non-hydrogen) atoms. The Bertz CT molecular complexity index is 1330. The monoisotopic (exact) mass is 593 g/mol. The van der Waals surface area contributed by atoms with Gasteiger partial charge in [0.2, 0.25) is 0 Å². The summed E-state index contributed by atoms with van der Waals surface area (Å²) in [6.07, 6.45) is 3.91. The Balaban J connectivity index is 0.00000138. The van der Waals surface area contributed by atoms with Crippen LogP contribution in [0.1, 0.15) is 73.9 Å². The number of ether oxygens (including phenoxy) is 1. The summed E-state index contributed by atoms with van der Waals surface area (Å²) in [6.45, 7) is 24.1. The Morgan fingerprint density at radius 3 is 2.38 bits per heavy atom. The number of amidine groups is 1. The van der Waals surface area contributed by atoms with E-state index >= 15 is 0 Å². The first-order valence-corrected chi connectivity index (χ1v) is 16.0. The van der Waals surface area contributed by atoms with Gasteiger partial charge in [0.25, 0.3) is 0 Å². The number of hydrogen-bond donors (Lipinski definition) is 3. The average molecular weight is 594 g/mol. The molecule has 0 saturated carbocycles. The Morgan fingerprint density at radius 2 is 1.76 bits per heavy atom. The SMILES string of the molecule is C=N/C(=C\C(=N/COc1ccc2[nH]c(C)cc2c1)N(CCC)CCC)Nc1cc(-c2cccs2)[nH]n1.CC.CC.CC. The van der Waals surface area contributed by atoms with E-state index in [2.05, 4.69) is 63.1 Å². The van der Waals surface area contributed by atoms with Crippen molar-refractivity contribution in [3.8, 4) is 16.3 Å². The maximum Gasteiger partial charge on any atom is 0.181 e. The molecule has 4 aromatic rings. The molecule has 3 heterocycles. The van der Waals surface area contributed by atoms with Crippen molar-refractivity contribution in [3.63, 3.8) is 0 Å². The van der Waals surface area contributed by atoms with Crippen LogP contribution in [0.15, 0.2) is 69.7 Å². The number of fused-ring (bicyclic) bond motifs is 1. The van der Waals surface area contributed by atoms with E-state index in [9.17, 15) is 0 Å². The highest BCUT2D eigenvalue weighted by atomic mass is 32.1. The van der Waals surface area contributed by atoms with Crippen molar-refractivity contribution < 1.29 is 4.74 Å². The lowest BCUT2D eigenvalue weighted by atomic mass is 10.2. The van der Waals surface area contributed by atoms with Gasteiger partial charge in [0.05, 0.1) is 10.6 Å². The van der Waals surface area contributed by atoms with Gasteiger partial charge in [0.1, 0.15) is 17.4 Å². The molecule has 3 aromatic heterocycles. The van der Waals surface area contributed by atoms with E-state index in [1.165, 1.54) is 0 Å². The summed E-state index contributed by atoms with van der Waals surface area (Å²) in [5.74, 6) is 2.81. The molecule has 0 aliphatic rings. The molecule has 1 aromatic carbocycles. The number of benzene rings is 1. The topological polar surface area (TPSA) is 93.7 Å². The predicted octanol–water partition coefficient (Wildman–Crippen LogP) is 9.52. The van der Waals surface area contributed by atoms with Crippen LogP contribution in [0, 0.1) is 6.92 Å². The zero-order valence-electron chi connectivity index (χ0n) is 27.0. The summed E-state index contributed by atoms with van der Waals surface area (Å²) in [4.78, 5) is 15.7. The minimum Gasteiger partial charge on any atom is -0.471 e. The van der Waals surface area contributed by atoms with Crippen LogP contribution in [0.2, 0.25) is 0 Å². The van der Waals surface area contributed by atoms with E-state index in [1.54, 1.807) is 11.3 Å². The summed E-state index contributed by atoms with van der Waals surface area (Å²) in [7, 11) is 0. The lowest BCUT2D eigenvalue weighted by Gasteiger charge is -2.24. The fourth-order valence-corrected chi connectivity index (χ4v) is 4.65. The number of aryl methyl sites for hydroxylation is 1. The van der Waals surface area contributed by atoms with E-state index in [0.29, 0.717) is 11.6 Å². The van der Waals surface area contributed by atoms with Gasteiger partial charge in [-0.3, -0.25) is 5.10 Å². The van der Waals surface area contributed by atoms with Gasteiger partial charge in [-0.1, -0.05) is 61.5 Å². The van der Waals surface area contributed by atoms with Crippen LogP contribution >= 0.6 is 11.3 Å². The summed E-state index contributed by atoms with van der Waals surface area (Å²) in [5.41, 5.74) is 3.17. The third-order valence-electron chi connectivity index (χ3n) is 5.55. The zero-order valence-corrected chi connectivity index (χ0v) is 27.9. The summed E-state index contributed by atoms with van der Waals surface area (Å²) >= 11 is 1.66. The van der Waals surface area contributed by atoms with Gasteiger partial charge < -0.3 is 19.9 Å². The maximum absolute atomic E-state index is 6.00. The van der Waals surface area contributed by atoms with Crippen molar-refractivity contribution in [2.75, 3.05) is 25.1 Å². The molecule has 0 aliphatic heterocycles. The second-order valence-electron chi connectivity index (χ2n) is 8.44. The molecule has 3 N–H and O–H groups in total. The fourth-order valence-electron chi connectivity index (χ4n) is 3.95. The number of nitrogens with zero attached hydrogens (tertiary/aromatic N) is 4. The molecule has 9 heteroatoms. The molecular weight excluding hydrogens is 542 g/mol. The first-order valence-electron chi connectivity index (χ1n) is 15.2. The maximum atomic E-state index is 6.00. The van der Waals surface area contributed by atoms with Crippen molar-refractivity contribution in [2.45, 2.75) is 75.2 Å². The standard InChI is InChI=1S/C27H33N7OS.3C2H6/c1-5-11-34(12-6-2)27(29-18-35-21-9-10-22-20(15-21)14-19(3)30-22)17-25(28-4)31-26-16-23(32-33-26)24-8-7-13-36-24;3*1-2/h7-10,13-17,30H,4-6,11-12,18H2,1-3H3,(H2,31,32,33);3*1-2H3/b25-17+,29-27+;;;. The lowest BCUT2D eigenvalue weighted by Crippen LogP contribution is -2.32. The van der Waals surface area contributed by atoms with Crippen LogP contribution < -0.4 is 10.1 Å². The van der Waals surface area contributed by atoms with Gasteiger partial charge in [-0.05, 0) is 62.2 Å². The van der Waals surface area contributed by atoms with Crippen molar-refractivity contribution in [1.82, 2.24) is 20.1 Å². The van der Waals surface area contributed by atoms with E-state index in [-0.39, 0.29) is 6.73 Å². The molecular formula is C33H51N7OS. The first-order chi connectivity index (χ1) is 20.6. The zero-order chi connectivity index (χ0) is 31.3. The van der Waals surface area contributed by atoms with E-state index in [1.807, 2.05) is 90.3 Å². The van der Waals surface area contributed by atoms with Gasteiger partial charge in [-0.15, -0.1) is 11.3 Å². The van der Waals surface area contributed by atoms with Crippen LogP contribution in [-0.4, -0.2) is 52.5 Å². The van der Waals surface area contributed by atoms with Gasteiger partial charge in [0, 0.05) is 41.8 Å². The summed E-state index contributed by atoms with van der Waals surface area (Å²) < 4.78 is 6.00. The largest absolute Gasteiger partial charge is 0.471 e. The van der Waals surface area contributed by atoms with Crippen molar-refractivity contribution >= 4 is 40.6 Å². The van der Waals surface area contributed by atoms with Crippen molar-refractivity contribution in [3.05, 3.63) is 65.4 Å². The Labute approximate surface area is 257 Å². The number of aromatic nitrogens is 3. The van der Waals surface area contributed by atoms with Crippen LogP contribution in [0.3, 0.4) is 0 Å². The number of aliphatic imine (C=N–C) groups is 2. The molecule has 0 atom stereocenters. The molecule has 0 bridgehead atoms. The lowest BCUT2D eigenvalue weighted by molar-refractivity contribution is 0.326. The normalized spacial score (nSPS) is 10.9. The minimum atomic E-state index is 0.194. The highest BCUT2D eigenvalue weighted by Crippen LogP contribution is 2.25. The van der Waals surface area contributed by atoms with Gasteiger partial charge in [-0.2, -0.15) is 5.10 Å². The van der Waals surface area contributed by atoms with E-state index in [4.69, 9.17) is 9.73 Å². The number of anilines is 1. The minimum absolute atomic E-state index is 0.194. The Kier molecular flexibility index (Phi) is 18.0. The molecule has 0 aliphatic carbocycles. The van der Waals surface area contributed by atoms with Crippen molar-refractivity contribution in [2.24, 2.45) is 9.98 Å². The van der Waals surface area contributed by atoms with Crippen LogP contribution in [0.5, 0.6) is 5.75 Å². The Hall–Kier alpha value is -3.85. The van der Waals surface area contributed by atoms with Crippen LogP contribution in [0.4, 0.5) is 5.82 Å². The van der Waals surface area contributed by atoms with E-state index < -0.39 is 0 Å². The fraction of sp³-hybridized carbons (Fsp3) is 0.424. The van der Waals surface area contributed by atoms with Gasteiger partial charge >= 0.3 is 0 Å². The molecule has 8 nitrogen and oxygen atoms in total. The Morgan fingerprint density at radius 1 is 1.05 bits per heavy atom. The van der Waals surface area contributed by atoms with Gasteiger partial charge in [-0.25, -0.2) is 9.98 Å². The van der Waals surface area contributed by atoms with E-state index in [0.717, 1.165) is 64.7 Å². The molecule has 230 valence electrons. The summed E-state index contributed by atoms with van der Waals surface area (Å²) in [5, 5.41) is 13.9. The second kappa shape index (κ2) is 20.9. The van der Waals surface area contributed by atoms with Gasteiger partial charge in [0.15, 0.2) is 12.5 Å². The highest BCUT2D eigenvalue weighted by molar-refractivity contribution is 7.13. The number of nitrogens with one attached hydrogen (secondary N) is 3. The second-order valence-corrected chi connectivity index (χ2v) is 9.38.